The molecule has 0 aromatic rings. The van der Waals surface area contributed by atoms with E-state index >= 15 is 0 Å². The van der Waals surface area contributed by atoms with Crippen molar-refractivity contribution in [1.29, 1.82) is 0 Å². The van der Waals surface area contributed by atoms with Crippen molar-refractivity contribution in [3.8, 4) is 0 Å². The molecule has 0 radical (unpaired) electrons. The number of nitrogens with one attached hydrogen (secondary N) is 1. The topological polar surface area (TPSA) is 307 Å². The molecule has 3 rings (SSSR count). The van der Waals surface area contributed by atoms with Crippen molar-refractivity contribution in [2.24, 2.45) is 0 Å². The van der Waals surface area contributed by atoms with Gasteiger partial charge in [0.05, 0.1) is 38.6 Å². The number of aliphatic hydroxyl groups is 11. The van der Waals surface area contributed by atoms with Gasteiger partial charge in [-0.3, -0.25) is 4.79 Å². The molecule has 1 amide bonds. The molecule has 0 aromatic carbocycles. The molecule has 596 valence electrons. The summed E-state index contributed by atoms with van der Waals surface area (Å²) in [6.07, 6.45) is 59.1. The van der Waals surface area contributed by atoms with Gasteiger partial charge in [0.2, 0.25) is 5.91 Å². The monoisotopic (exact) mass is 1460 g/mol. The molecular weight excluding hydrogens is 1310 g/mol. The fourth-order valence-corrected chi connectivity index (χ4v) is 13.4. The molecule has 19 heteroatoms. The minimum atomic E-state index is -1.98. The van der Waals surface area contributed by atoms with E-state index in [0.717, 1.165) is 116 Å². The van der Waals surface area contributed by atoms with Crippen molar-refractivity contribution in [2.75, 3.05) is 26.4 Å². The zero-order valence-electron chi connectivity index (χ0n) is 63.8. The van der Waals surface area contributed by atoms with E-state index in [0.29, 0.717) is 12.8 Å². The summed E-state index contributed by atoms with van der Waals surface area (Å²) in [4.78, 5) is 13.5. The van der Waals surface area contributed by atoms with Crippen molar-refractivity contribution < 1.29 is 89.4 Å². The molecule has 0 spiro atoms. The van der Waals surface area contributed by atoms with Crippen LogP contribution in [0.5, 0.6) is 0 Å². The molecule has 3 aliphatic rings. The van der Waals surface area contributed by atoms with Crippen LogP contribution in [-0.2, 0) is 33.2 Å². The molecule has 3 fully saturated rings. The van der Waals surface area contributed by atoms with E-state index in [-0.39, 0.29) is 18.9 Å². The van der Waals surface area contributed by atoms with E-state index in [9.17, 15) is 61.0 Å². The van der Waals surface area contributed by atoms with E-state index in [1.165, 1.54) is 148 Å². The van der Waals surface area contributed by atoms with Crippen LogP contribution in [0.2, 0.25) is 0 Å². The van der Waals surface area contributed by atoms with Crippen molar-refractivity contribution in [1.82, 2.24) is 5.32 Å². The minimum Gasteiger partial charge on any atom is -0.394 e. The largest absolute Gasteiger partial charge is 0.394 e. The molecule has 103 heavy (non-hydrogen) atoms. The van der Waals surface area contributed by atoms with E-state index in [4.69, 9.17) is 28.4 Å². The summed E-state index contributed by atoms with van der Waals surface area (Å²) >= 11 is 0. The molecule has 12 N–H and O–H groups in total. The number of allylic oxidation sites excluding steroid dienone is 16. The Labute approximate surface area is 622 Å². The van der Waals surface area contributed by atoms with Gasteiger partial charge in [0, 0.05) is 6.42 Å². The lowest BCUT2D eigenvalue weighted by molar-refractivity contribution is -0.379. The number of carbonyl (C=O) groups is 1. The zero-order chi connectivity index (χ0) is 74.6. The second-order valence-electron chi connectivity index (χ2n) is 28.9. The van der Waals surface area contributed by atoms with Crippen LogP contribution >= 0.6 is 0 Å². The van der Waals surface area contributed by atoms with Gasteiger partial charge in [-0.2, -0.15) is 0 Å². The van der Waals surface area contributed by atoms with Gasteiger partial charge in [0.15, 0.2) is 18.9 Å². The number of rotatable bonds is 64. The van der Waals surface area contributed by atoms with E-state index in [2.05, 4.69) is 116 Å². The van der Waals surface area contributed by atoms with Gasteiger partial charge in [-0.1, -0.05) is 310 Å². The van der Waals surface area contributed by atoms with Crippen LogP contribution in [-0.4, -0.2) is 193 Å². The lowest BCUT2D eigenvalue weighted by atomic mass is 9.96. The second kappa shape index (κ2) is 63.6. The van der Waals surface area contributed by atoms with Crippen molar-refractivity contribution in [3.63, 3.8) is 0 Å². The third kappa shape index (κ3) is 43.5. The summed E-state index contributed by atoms with van der Waals surface area (Å²) in [5.74, 6) is -0.252. The number of hydrogen-bond donors (Lipinski definition) is 12. The second-order valence-corrected chi connectivity index (χ2v) is 28.9. The Morgan fingerprint density at radius 2 is 0.670 bits per heavy atom. The van der Waals surface area contributed by atoms with E-state index in [1.807, 2.05) is 0 Å². The average Bonchev–Trinajstić information content (AvgIpc) is 0.781. The van der Waals surface area contributed by atoms with Gasteiger partial charge >= 0.3 is 0 Å². The van der Waals surface area contributed by atoms with Gasteiger partial charge in [0.25, 0.3) is 0 Å². The molecule has 3 aliphatic heterocycles. The number of unbranched alkanes of at least 4 members (excludes halogenated alkanes) is 32. The van der Waals surface area contributed by atoms with Gasteiger partial charge in [-0.25, -0.2) is 0 Å². The van der Waals surface area contributed by atoms with Crippen LogP contribution in [0.4, 0.5) is 0 Å². The first-order valence-corrected chi connectivity index (χ1v) is 41.0. The maximum atomic E-state index is 13.5. The predicted octanol–water partition coefficient (Wildman–Crippen LogP) is 14.0. The number of aliphatic hydroxyl groups excluding tert-OH is 11. The maximum absolute atomic E-state index is 13.5. The van der Waals surface area contributed by atoms with Crippen LogP contribution in [0.1, 0.15) is 296 Å². The van der Waals surface area contributed by atoms with Gasteiger partial charge in [-0.05, 0) is 77.0 Å². The summed E-state index contributed by atoms with van der Waals surface area (Å²) in [5, 5.41) is 121. The molecule has 19 nitrogen and oxygen atoms in total. The predicted molar refractivity (Wildman–Crippen MR) is 411 cm³/mol. The third-order valence-corrected chi connectivity index (χ3v) is 19.9. The summed E-state index contributed by atoms with van der Waals surface area (Å²) in [5.41, 5.74) is 0. The molecule has 0 aromatic heterocycles. The molecule has 0 saturated carbocycles. The lowest BCUT2D eigenvalue weighted by Crippen LogP contribution is -2.66. The Morgan fingerprint density at radius 1 is 0.359 bits per heavy atom. The molecule has 0 aliphatic carbocycles. The first kappa shape index (κ1) is 93.9. The summed E-state index contributed by atoms with van der Waals surface area (Å²) < 4.78 is 34.5. The number of carbonyl (C=O) groups excluding carboxylic acids is 1. The molecule has 3 saturated heterocycles. The van der Waals surface area contributed by atoms with Crippen LogP contribution in [0.25, 0.3) is 0 Å². The van der Waals surface area contributed by atoms with E-state index < -0.39 is 124 Å². The molecule has 3 heterocycles. The zero-order valence-corrected chi connectivity index (χ0v) is 63.8. The molecular formula is C84H147NO18. The highest BCUT2D eigenvalue weighted by Gasteiger charge is 2.54. The van der Waals surface area contributed by atoms with Crippen LogP contribution in [0, 0.1) is 0 Å². The van der Waals surface area contributed by atoms with Crippen LogP contribution in [0.3, 0.4) is 0 Å². The Kier molecular flexibility index (Phi) is 58.0. The smallest absolute Gasteiger partial charge is 0.220 e. The Balaban J connectivity index is 1.37. The van der Waals surface area contributed by atoms with Gasteiger partial charge in [0.1, 0.15) is 73.2 Å². The van der Waals surface area contributed by atoms with Crippen LogP contribution < -0.4 is 5.32 Å². The number of hydrogen-bond acceptors (Lipinski definition) is 18. The highest BCUT2D eigenvalue weighted by atomic mass is 16.8. The van der Waals surface area contributed by atoms with Crippen molar-refractivity contribution in [3.05, 3.63) is 97.2 Å². The first-order valence-electron chi connectivity index (χ1n) is 41.0. The molecule has 0 bridgehead atoms. The first-order chi connectivity index (χ1) is 50.3. The summed E-state index contributed by atoms with van der Waals surface area (Å²) in [6.45, 7) is 1.71. The fourth-order valence-electron chi connectivity index (χ4n) is 13.4. The Hall–Kier alpha value is -3.29. The quantitative estimate of drug-likeness (QED) is 0.0199. The van der Waals surface area contributed by atoms with E-state index in [1.54, 1.807) is 0 Å². The lowest BCUT2D eigenvalue weighted by Gasteiger charge is -2.48. The highest BCUT2D eigenvalue weighted by molar-refractivity contribution is 5.76. The fraction of sp³-hybridized carbons (Fsp3) is 0.798. The molecule has 17 atom stereocenters. The normalized spacial score (nSPS) is 26.6. The summed E-state index contributed by atoms with van der Waals surface area (Å²) in [7, 11) is 0. The summed E-state index contributed by atoms with van der Waals surface area (Å²) in [6, 6.07) is -0.900. The van der Waals surface area contributed by atoms with Gasteiger partial charge in [-0.15, -0.1) is 0 Å². The number of ether oxygens (including phenoxy) is 6. The highest BCUT2D eigenvalue weighted by Crippen LogP contribution is 2.33. The Morgan fingerprint density at radius 3 is 1.05 bits per heavy atom. The van der Waals surface area contributed by atoms with Crippen molar-refractivity contribution in [2.45, 2.75) is 401 Å². The van der Waals surface area contributed by atoms with Crippen molar-refractivity contribution >= 4 is 5.91 Å². The Bertz CT molecular complexity index is 2240. The average molecular weight is 1460 g/mol. The van der Waals surface area contributed by atoms with Crippen LogP contribution in [0.15, 0.2) is 97.2 Å². The number of amides is 1. The molecule has 17 unspecified atom stereocenters. The SMILES string of the molecule is CC/C=C\C/C=C\C/C=C\C/C=C\C/C=C\C/C=C\C/C=C\C/C=C\CCCCCCCCCCC(=O)NC(COC1OC(CO)C(OC2OC(CO)C(OC3OC(CO)C(O)C(O)C3O)C(O)C2O)C(O)C1O)C(O)CCCCCCCCCCCCCCCCCCCCCCCCCCC. The standard InChI is InChI=1S/C84H147NO18/c1-3-5-7-9-11-13-15-17-19-21-23-25-27-29-30-31-32-33-34-35-36-38-40-42-44-46-48-50-52-54-56-58-60-62-72(90)85-67(68(89)61-59-57-55-53-51-49-47-45-43-41-39-37-28-26-24-22-20-18-16-14-12-10-8-6-4-2)66-98-82-78(96)75(93)80(70(64-87)100-82)103-84-79(97)76(94)81(71(65-88)101-84)102-83-77(95)74(92)73(91)69(63-86)99-83/h5,7,11,13,17,19,23,25,29-30,32-33,35-36,40,42,67-71,73-84,86-89,91-97H,3-4,6,8-10,12,14-16,18,20-22,24,26-28,31,34,37-39,41,43-66H2,1-2H3,(H,85,90)/b7-5-,13-11-,19-17-,25-23-,30-29-,33-32-,36-35-,42-40-. The third-order valence-electron chi connectivity index (χ3n) is 19.9. The maximum Gasteiger partial charge on any atom is 0.220 e. The van der Waals surface area contributed by atoms with Gasteiger partial charge < -0.3 is 89.9 Å². The minimum absolute atomic E-state index is 0.251.